The van der Waals surface area contributed by atoms with Gasteiger partial charge in [0.25, 0.3) is 11.1 Å². The van der Waals surface area contributed by atoms with Gasteiger partial charge in [-0.05, 0) is 17.9 Å². The van der Waals surface area contributed by atoms with E-state index in [-0.39, 0.29) is 5.91 Å². The minimum absolute atomic E-state index is 0.0160. The molecule has 0 aliphatic rings. The fourth-order valence-corrected chi connectivity index (χ4v) is 2.45. The summed E-state index contributed by atoms with van der Waals surface area (Å²) in [5.41, 5.74) is 0. The molecule has 0 saturated heterocycles. The van der Waals surface area contributed by atoms with Crippen LogP contribution in [0.4, 0.5) is 0 Å². The summed E-state index contributed by atoms with van der Waals surface area (Å²) in [5, 5.41) is 13.0. The van der Waals surface area contributed by atoms with Crippen LogP contribution < -0.4 is 5.32 Å². The maximum absolute atomic E-state index is 11.4. The molecule has 1 N–H and O–H groups in total. The minimum atomic E-state index is -0.0160. The van der Waals surface area contributed by atoms with Crippen molar-refractivity contribution in [2.45, 2.75) is 18.6 Å². The number of hydrogen-bond donors (Lipinski definition) is 1. The highest BCUT2D eigenvalue weighted by atomic mass is 32.2. The van der Waals surface area contributed by atoms with Crippen molar-refractivity contribution in [2.75, 3.05) is 12.3 Å². The zero-order valence-electron chi connectivity index (χ0n) is 9.88. The number of thiophene rings is 1. The van der Waals surface area contributed by atoms with Crippen molar-refractivity contribution in [3.8, 4) is 10.8 Å². The van der Waals surface area contributed by atoms with Crippen LogP contribution in [0.5, 0.6) is 0 Å². The van der Waals surface area contributed by atoms with Gasteiger partial charge in [-0.25, -0.2) is 0 Å². The van der Waals surface area contributed by atoms with Crippen LogP contribution in [0.2, 0.25) is 0 Å². The summed E-state index contributed by atoms with van der Waals surface area (Å²) in [7, 11) is 0. The molecule has 0 aromatic carbocycles. The van der Waals surface area contributed by atoms with Gasteiger partial charge in [0.2, 0.25) is 5.91 Å². The molecule has 0 aliphatic carbocycles. The van der Waals surface area contributed by atoms with Gasteiger partial charge in [0.1, 0.15) is 0 Å². The highest BCUT2D eigenvalue weighted by Crippen LogP contribution is 2.26. The van der Waals surface area contributed by atoms with Crippen LogP contribution in [0, 0.1) is 0 Å². The lowest BCUT2D eigenvalue weighted by Gasteiger charge is -2.00. The number of nitrogens with zero attached hydrogens (tertiary/aromatic N) is 2. The van der Waals surface area contributed by atoms with Crippen molar-refractivity contribution < 1.29 is 9.21 Å². The third-order valence-corrected chi connectivity index (χ3v) is 3.71. The Morgan fingerprint density at radius 1 is 1.56 bits per heavy atom. The lowest BCUT2D eigenvalue weighted by molar-refractivity contribution is -0.118. The molecule has 18 heavy (non-hydrogen) atoms. The molecule has 96 valence electrons. The summed E-state index contributed by atoms with van der Waals surface area (Å²) in [6.45, 7) is 2.71. The molecular weight excluding hydrogens is 270 g/mol. The Bertz CT molecular complexity index is 496. The van der Waals surface area contributed by atoms with Crippen molar-refractivity contribution in [1.29, 1.82) is 0 Å². The summed E-state index contributed by atoms with van der Waals surface area (Å²) >= 11 is 2.79. The summed E-state index contributed by atoms with van der Waals surface area (Å²) in [4.78, 5) is 12.3. The number of thioether (sulfide) groups is 1. The second-order valence-electron chi connectivity index (χ2n) is 3.49. The normalized spacial score (nSPS) is 10.5. The van der Waals surface area contributed by atoms with E-state index in [0.717, 1.165) is 11.3 Å². The Balaban J connectivity index is 1.86. The van der Waals surface area contributed by atoms with E-state index in [1.807, 2.05) is 24.4 Å². The molecule has 2 aromatic rings. The fourth-order valence-electron chi connectivity index (χ4n) is 1.21. The van der Waals surface area contributed by atoms with Gasteiger partial charge in [-0.1, -0.05) is 24.8 Å². The average molecular weight is 283 g/mol. The molecule has 7 heteroatoms. The summed E-state index contributed by atoms with van der Waals surface area (Å²) < 4.78 is 5.45. The predicted octanol–water partition coefficient (Wildman–Crippen LogP) is 2.42. The maximum Gasteiger partial charge on any atom is 0.277 e. The molecule has 5 nitrogen and oxygen atoms in total. The van der Waals surface area contributed by atoms with E-state index in [4.69, 9.17) is 4.42 Å². The van der Waals surface area contributed by atoms with Crippen molar-refractivity contribution in [1.82, 2.24) is 15.5 Å². The monoisotopic (exact) mass is 283 g/mol. The Hall–Kier alpha value is -1.34. The van der Waals surface area contributed by atoms with E-state index < -0.39 is 0 Å². The molecule has 0 atom stereocenters. The second-order valence-corrected chi connectivity index (χ2v) is 5.36. The highest BCUT2D eigenvalue weighted by molar-refractivity contribution is 7.99. The quantitative estimate of drug-likeness (QED) is 0.825. The predicted molar refractivity (Wildman–Crippen MR) is 71.6 cm³/mol. The second kappa shape index (κ2) is 6.55. The fraction of sp³-hybridized carbons (Fsp3) is 0.364. The summed E-state index contributed by atoms with van der Waals surface area (Å²) in [6.07, 6.45) is 0.930. The van der Waals surface area contributed by atoms with Gasteiger partial charge >= 0.3 is 0 Å². The third kappa shape index (κ3) is 3.58. The standard InChI is InChI=1S/C11H13N3O2S2/c1-2-5-12-9(15)7-18-11-14-13-10(16-11)8-4-3-6-17-8/h3-4,6H,2,5,7H2,1H3,(H,12,15). The van der Waals surface area contributed by atoms with E-state index in [1.54, 1.807) is 11.3 Å². The molecular formula is C11H13N3O2S2. The lowest BCUT2D eigenvalue weighted by atomic mass is 10.5. The molecule has 0 bridgehead atoms. The van der Waals surface area contributed by atoms with Crippen LogP contribution in [0.25, 0.3) is 10.8 Å². The van der Waals surface area contributed by atoms with Crippen LogP contribution in [0.15, 0.2) is 27.2 Å². The number of aromatic nitrogens is 2. The highest BCUT2D eigenvalue weighted by Gasteiger charge is 2.11. The van der Waals surface area contributed by atoms with Crippen molar-refractivity contribution >= 4 is 29.0 Å². The molecule has 1 amide bonds. The zero-order valence-corrected chi connectivity index (χ0v) is 11.5. The zero-order chi connectivity index (χ0) is 12.8. The lowest BCUT2D eigenvalue weighted by Crippen LogP contribution is -2.25. The van der Waals surface area contributed by atoms with Crippen LogP contribution in [-0.2, 0) is 4.79 Å². The summed E-state index contributed by atoms with van der Waals surface area (Å²) in [5.74, 6) is 0.783. The molecule has 2 rings (SSSR count). The third-order valence-electron chi connectivity index (χ3n) is 2.04. The van der Waals surface area contributed by atoms with E-state index >= 15 is 0 Å². The number of carbonyl (C=O) groups excluding carboxylic acids is 1. The Labute approximate surface area is 113 Å². The molecule has 2 aromatic heterocycles. The minimum Gasteiger partial charge on any atom is -0.410 e. The summed E-state index contributed by atoms with van der Waals surface area (Å²) in [6, 6.07) is 3.84. The van der Waals surface area contributed by atoms with E-state index in [0.29, 0.717) is 23.4 Å². The molecule has 0 saturated carbocycles. The van der Waals surface area contributed by atoms with Gasteiger partial charge < -0.3 is 9.73 Å². The smallest absolute Gasteiger partial charge is 0.277 e. The van der Waals surface area contributed by atoms with E-state index in [2.05, 4.69) is 15.5 Å². The average Bonchev–Trinajstić information content (AvgIpc) is 3.03. The van der Waals surface area contributed by atoms with Crippen molar-refractivity contribution in [3.63, 3.8) is 0 Å². The molecule has 0 aliphatic heterocycles. The first kappa shape index (κ1) is 13.1. The first-order chi connectivity index (χ1) is 8.79. The van der Waals surface area contributed by atoms with E-state index in [9.17, 15) is 4.79 Å². The SMILES string of the molecule is CCCNC(=O)CSc1nnc(-c2cccs2)o1. The van der Waals surface area contributed by atoms with E-state index in [1.165, 1.54) is 11.8 Å². The maximum atomic E-state index is 11.4. The topological polar surface area (TPSA) is 68.0 Å². The number of nitrogens with one attached hydrogen (secondary N) is 1. The Kier molecular flexibility index (Phi) is 4.77. The van der Waals surface area contributed by atoms with Gasteiger partial charge in [-0.15, -0.1) is 21.5 Å². The largest absolute Gasteiger partial charge is 0.410 e. The van der Waals surface area contributed by atoms with Gasteiger partial charge in [0.05, 0.1) is 10.6 Å². The van der Waals surface area contributed by atoms with Gasteiger partial charge in [-0.2, -0.15) is 0 Å². The van der Waals surface area contributed by atoms with Gasteiger partial charge in [0, 0.05) is 6.54 Å². The Morgan fingerprint density at radius 3 is 3.17 bits per heavy atom. The van der Waals surface area contributed by atoms with Crippen LogP contribution in [0.3, 0.4) is 0 Å². The molecule has 0 fully saturated rings. The van der Waals surface area contributed by atoms with Crippen molar-refractivity contribution in [3.05, 3.63) is 17.5 Å². The number of rotatable bonds is 6. The molecule has 0 unspecified atom stereocenters. The number of carbonyl (C=O) groups is 1. The van der Waals surface area contributed by atoms with Crippen LogP contribution >= 0.6 is 23.1 Å². The Morgan fingerprint density at radius 2 is 2.44 bits per heavy atom. The number of hydrogen-bond acceptors (Lipinski definition) is 6. The van der Waals surface area contributed by atoms with Crippen LogP contribution in [0.1, 0.15) is 13.3 Å². The molecule has 0 spiro atoms. The molecule has 0 radical (unpaired) electrons. The number of amides is 1. The van der Waals surface area contributed by atoms with Gasteiger partial charge in [0.15, 0.2) is 0 Å². The molecule has 2 heterocycles. The first-order valence-electron chi connectivity index (χ1n) is 5.56. The first-order valence-corrected chi connectivity index (χ1v) is 7.43. The van der Waals surface area contributed by atoms with Crippen LogP contribution in [-0.4, -0.2) is 28.4 Å². The van der Waals surface area contributed by atoms with Crippen molar-refractivity contribution in [2.24, 2.45) is 0 Å². The van der Waals surface area contributed by atoms with Gasteiger partial charge in [-0.3, -0.25) is 4.79 Å².